The molecule has 0 saturated heterocycles. The fraction of sp³-hybridized carbons (Fsp3) is 0.312. The van der Waals surface area contributed by atoms with Crippen molar-refractivity contribution in [2.45, 2.75) is 19.8 Å². The first-order chi connectivity index (χ1) is 11.9. The van der Waals surface area contributed by atoms with Crippen LogP contribution in [0.3, 0.4) is 0 Å². The molecule has 0 aliphatic carbocycles. The van der Waals surface area contributed by atoms with Crippen LogP contribution < -0.4 is 20.5 Å². The van der Waals surface area contributed by atoms with Crippen LogP contribution in [-0.2, 0) is 0 Å². The van der Waals surface area contributed by atoms with Crippen LogP contribution in [0, 0.1) is 0 Å². The predicted octanol–water partition coefficient (Wildman–Crippen LogP) is 2.31. The summed E-state index contributed by atoms with van der Waals surface area (Å²) in [5.74, 6) is -0.396. The molecule has 8 nitrogen and oxygen atoms in total. The van der Waals surface area contributed by atoms with Crippen molar-refractivity contribution in [3.63, 3.8) is 0 Å². The van der Waals surface area contributed by atoms with Crippen molar-refractivity contribution >= 4 is 29.1 Å². The smallest absolute Gasteiger partial charge is 0.271 e. The molecule has 1 aliphatic heterocycles. The number of halogens is 1. The number of hydrogen-bond donors (Lipinski definition) is 3. The fourth-order valence-electron chi connectivity index (χ4n) is 2.51. The summed E-state index contributed by atoms with van der Waals surface area (Å²) in [4.78, 5) is 24.2. The molecule has 2 amide bonds. The summed E-state index contributed by atoms with van der Waals surface area (Å²) >= 11 is 6.16. The maximum absolute atomic E-state index is 12.6. The molecule has 0 atom stereocenters. The molecule has 1 aliphatic rings. The number of nitrogens with zero attached hydrogens (tertiary/aromatic N) is 1. The highest BCUT2D eigenvalue weighted by atomic mass is 35.5. The zero-order chi connectivity index (χ0) is 18.1. The second-order valence-electron chi connectivity index (χ2n) is 5.82. The first kappa shape index (κ1) is 17.1. The van der Waals surface area contributed by atoms with Gasteiger partial charge in [0, 0.05) is 5.56 Å². The largest absolute Gasteiger partial charge is 0.486 e. The Labute approximate surface area is 148 Å². The van der Waals surface area contributed by atoms with E-state index in [1.165, 1.54) is 12.1 Å². The average Bonchev–Trinajstić information content (AvgIpc) is 2.98. The minimum absolute atomic E-state index is 0.000228. The van der Waals surface area contributed by atoms with Gasteiger partial charge < -0.3 is 20.5 Å². The van der Waals surface area contributed by atoms with Crippen LogP contribution in [0.25, 0.3) is 0 Å². The van der Waals surface area contributed by atoms with E-state index in [1.54, 1.807) is 0 Å². The van der Waals surface area contributed by atoms with E-state index in [0.717, 1.165) is 0 Å². The van der Waals surface area contributed by atoms with Gasteiger partial charge in [0.25, 0.3) is 11.8 Å². The van der Waals surface area contributed by atoms with Gasteiger partial charge >= 0.3 is 0 Å². The number of ether oxygens (including phenoxy) is 2. The first-order valence-electron chi connectivity index (χ1n) is 7.67. The number of hydrogen-bond acceptors (Lipinski definition) is 5. The molecule has 0 spiro atoms. The summed E-state index contributed by atoms with van der Waals surface area (Å²) in [5.41, 5.74) is 6.43. The lowest BCUT2D eigenvalue weighted by Gasteiger charge is -2.20. The van der Waals surface area contributed by atoms with Gasteiger partial charge in [-0.1, -0.05) is 25.4 Å². The number of aromatic nitrogens is 2. The Bertz CT molecular complexity index is 847. The predicted molar refractivity (Wildman–Crippen MR) is 91.6 cm³/mol. The van der Waals surface area contributed by atoms with Crippen molar-refractivity contribution in [2.24, 2.45) is 5.73 Å². The highest BCUT2D eigenvalue weighted by molar-refractivity contribution is 6.32. The van der Waals surface area contributed by atoms with Gasteiger partial charge in [0.05, 0.1) is 16.4 Å². The quantitative estimate of drug-likeness (QED) is 0.769. The van der Waals surface area contributed by atoms with Crippen LogP contribution in [0.2, 0.25) is 5.02 Å². The Morgan fingerprint density at radius 1 is 1.32 bits per heavy atom. The van der Waals surface area contributed by atoms with Crippen molar-refractivity contribution < 1.29 is 19.1 Å². The van der Waals surface area contributed by atoms with Gasteiger partial charge in [-0.25, -0.2) is 0 Å². The number of amides is 2. The highest BCUT2D eigenvalue weighted by Gasteiger charge is 2.24. The Morgan fingerprint density at radius 2 is 2.04 bits per heavy atom. The van der Waals surface area contributed by atoms with E-state index in [-0.39, 0.29) is 27.9 Å². The number of primary amides is 1. The number of fused-ring (bicyclic) bond motifs is 1. The van der Waals surface area contributed by atoms with Gasteiger partial charge in [-0.15, -0.1) is 0 Å². The molecule has 0 bridgehead atoms. The van der Waals surface area contributed by atoms with Crippen LogP contribution >= 0.6 is 11.6 Å². The molecule has 9 heteroatoms. The average molecular weight is 365 g/mol. The Hall–Kier alpha value is -2.74. The molecule has 2 heterocycles. The lowest BCUT2D eigenvalue weighted by Crippen LogP contribution is -2.20. The lowest BCUT2D eigenvalue weighted by atomic mass is 10.1. The van der Waals surface area contributed by atoms with E-state index in [9.17, 15) is 9.59 Å². The Balaban J connectivity index is 1.94. The zero-order valence-corrected chi connectivity index (χ0v) is 14.4. The topological polar surface area (TPSA) is 119 Å². The second-order valence-corrected chi connectivity index (χ2v) is 6.22. The van der Waals surface area contributed by atoms with E-state index in [0.29, 0.717) is 30.4 Å². The molecule has 0 saturated carbocycles. The van der Waals surface area contributed by atoms with Gasteiger partial charge in [0.15, 0.2) is 17.2 Å². The summed E-state index contributed by atoms with van der Waals surface area (Å²) in [6.45, 7) is 4.57. The van der Waals surface area contributed by atoms with Crippen LogP contribution in [-0.4, -0.2) is 35.2 Å². The van der Waals surface area contributed by atoms with Crippen molar-refractivity contribution in [2.75, 3.05) is 18.5 Å². The minimum atomic E-state index is -0.737. The van der Waals surface area contributed by atoms with Gasteiger partial charge in [-0.3, -0.25) is 14.7 Å². The lowest BCUT2D eigenvalue weighted by molar-refractivity contribution is 0.0996. The Kier molecular flexibility index (Phi) is 4.54. The summed E-state index contributed by atoms with van der Waals surface area (Å²) in [6, 6.07) is 3.01. The molecule has 3 rings (SSSR count). The summed E-state index contributed by atoms with van der Waals surface area (Å²) in [6.07, 6.45) is 0. The molecule has 4 N–H and O–H groups in total. The van der Waals surface area contributed by atoms with Crippen molar-refractivity contribution in [3.05, 3.63) is 34.1 Å². The number of benzene rings is 1. The number of carbonyl (C=O) groups excluding carboxylic acids is 2. The normalized spacial score (nSPS) is 13.0. The number of nitrogens with one attached hydrogen (secondary N) is 2. The van der Waals surface area contributed by atoms with Crippen molar-refractivity contribution in [1.82, 2.24) is 10.2 Å². The molecule has 25 heavy (non-hydrogen) atoms. The third-order valence-electron chi connectivity index (χ3n) is 3.70. The van der Waals surface area contributed by atoms with Crippen molar-refractivity contribution in [1.29, 1.82) is 0 Å². The third kappa shape index (κ3) is 3.25. The summed E-state index contributed by atoms with van der Waals surface area (Å²) in [5, 5.41) is 9.58. The van der Waals surface area contributed by atoms with Crippen LogP contribution in [0.1, 0.15) is 46.3 Å². The standard InChI is InChI=1S/C16H17ClN4O4/c1-7(2)11-12(13(15(18)22)21-20-11)19-16(23)8-5-9(17)14-10(6-8)24-3-4-25-14/h5-7H,3-4H2,1-2H3,(H2,18,22)(H,19,23)(H,20,21). The SMILES string of the molecule is CC(C)c1[nH]nc(C(N)=O)c1NC(=O)c1cc(Cl)c2c(c1)OCCO2. The van der Waals surface area contributed by atoms with Crippen LogP contribution in [0.4, 0.5) is 5.69 Å². The number of anilines is 1. The number of H-pyrrole nitrogens is 1. The number of nitrogens with two attached hydrogens (primary N) is 1. The molecule has 2 aromatic rings. The molecular weight excluding hydrogens is 348 g/mol. The van der Waals surface area contributed by atoms with Crippen LogP contribution in [0.15, 0.2) is 12.1 Å². The van der Waals surface area contributed by atoms with E-state index in [2.05, 4.69) is 15.5 Å². The third-order valence-corrected chi connectivity index (χ3v) is 3.98. The summed E-state index contributed by atoms with van der Waals surface area (Å²) < 4.78 is 10.9. The monoisotopic (exact) mass is 364 g/mol. The van der Waals surface area contributed by atoms with E-state index < -0.39 is 11.8 Å². The molecule has 0 radical (unpaired) electrons. The minimum Gasteiger partial charge on any atom is -0.486 e. The molecule has 132 valence electrons. The maximum Gasteiger partial charge on any atom is 0.271 e. The second kappa shape index (κ2) is 6.64. The fourth-order valence-corrected chi connectivity index (χ4v) is 2.77. The summed E-state index contributed by atoms with van der Waals surface area (Å²) in [7, 11) is 0. The van der Waals surface area contributed by atoms with Gasteiger partial charge in [-0.2, -0.15) is 5.10 Å². The highest BCUT2D eigenvalue weighted by Crippen LogP contribution is 2.38. The van der Waals surface area contributed by atoms with Gasteiger partial charge in [0.2, 0.25) is 0 Å². The number of aromatic amines is 1. The van der Waals surface area contributed by atoms with E-state index in [4.69, 9.17) is 26.8 Å². The zero-order valence-electron chi connectivity index (χ0n) is 13.7. The Morgan fingerprint density at radius 3 is 2.72 bits per heavy atom. The van der Waals surface area contributed by atoms with Gasteiger partial charge in [-0.05, 0) is 18.1 Å². The molecular formula is C16H17ClN4O4. The molecule has 1 aromatic carbocycles. The first-order valence-corrected chi connectivity index (χ1v) is 8.04. The van der Waals surface area contributed by atoms with E-state index in [1.807, 2.05) is 13.8 Å². The molecule has 1 aromatic heterocycles. The number of carbonyl (C=O) groups is 2. The number of rotatable bonds is 4. The van der Waals surface area contributed by atoms with Crippen LogP contribution in [0.5, 0.6) is 11.5 Å². The van der Waals surface area contributed by atoms with Crippen molar-refractivity contribution in [3.8, 4) is 11.5 Å². The van der Waals surface area contributed by atoms with Gasteiger partial charge in [0.1, 0.15) is 13.2 Å². The molecule has 0 fully saturated rings. The maximum atomic E-state index is 12.6. The molecule has 0 unspecified atom stereocenters. The van der Waals surface area contributed by atoms with E-state index >= 15 is 0 Å².